The largest absolute Gasteiger partial charge is 0.493 e. The van der Waals surface area contributed by atoms with Crippen LogP contribution in [-0.2, 0) is 0 Å². The molecule has 0 fully saturated rings. The topological polar surface area (TPSA) is 48.7 Å². The van der Waals surface area contributed by atoms with E-state index in [0.717, 1.165) is 5.56 Å². The van der Waals surface area contributed by atoms with Crippen LogP contribution in [0, 0.1) is 6.92 Å². The first kappa shape index (κ1) is 13.7. The third kappa shape index (κ3) is 2.51. The fraction of sp³-hybridized carbons (Fsp3) is 0.214. The predicted molar refractivity (Wildman–Crippen MR) is 74.1 cm³/mol. The highest BCUT2D eigenvalue weighted by Crippen LogP contribution is 2.34. The average molecular weight is 325 g/mol. The summed E-state index contributed by atoms with van der Waals surface area (Å²) in [6.45, 7) is 1.82. The van der Waals surface area contributed by atoms with Crippen molar-refractivity contribution in [2.24, 2.45) is 0 Å². The van der Waals surface area contributed by atoms with Crippen LogP contribution in [0.3, 0.4) is 0 Å². The van der Waals surface area contributed by atoms with Gasteiger partial charge >= 0.3 is 0 Å². The third-order valence-electron chi connectivity index (χ3n) is 2.79. The average Bonchev–Trinajstić information content (AvgIpc) is 2.83. The minimum atomic E-state index is -0.199. The van der Waals surface area contributed by atoms with Crippen LogP contribution in [0.2, 0.25) is 0 Å². The zero-order chi connectivity index (χ0) is 14.0. The number of rotatable bonds is 4. The zero-order valence-corrected chi connectivity index (χ0v) is 12.4. The Labute approximate surface area is 119 Å². The van der Waals surface area contributed by atoms with Gasteiger partial charge < -0.3 is 13.9 Å². The van der Waals surface area contributed by atoms with Gasteiger partial charge in [-0.25, -0.2) is 0 Å². The van der Waals surface area contributed by atoms with Crippen molar-refractivity contribution in [1.29, 1.82) is 0 Å². The molecule has 0 unspecified atom stereocenters. The van der Waals surface area contributed by atoms with Crippen LogP contribution in [0.4, 0.5) is 0 Å². The van der Waals surface area contributed by atoms with Crippen LogP contribution >= 0.6 is 15.9 Å². The molecule has 1 heterocycles. The van der Waals surface area contributed by atoms with Crippen molar-refractivity contribution in [2.75, 3.05) is 14.2 Å². The first-order valence-corrected chi connectivity index (χ1v) is 6.38. The molecule has 0 saturated carbocycles. The molecule has 0 aliphatic rings. The highest BCUT2D eigenvalue weighted by Gasteiger charge is 2.20. The lowest BCUT2D eigenvalue weighted by molar-refractivity contribution is 0.101. The molecule has 2 rings (SSSR count). The van der Waals surface area contributed by atoms with Gasteiger partial charge in [-0.3, -0.25) is 4.79 Å². The lowest BCUT2D eigenvalue weighted by Gasteiger charge is -2.10. The Morgan fingerprint density at radius 1 is 1.21 bits per heavy atom. The van der Waals surface area contributed by atoms with Gasteiger partial charge in [-0.1, -0.05) is 0 Å². The molecule has 5 heteroatoms. The van der Waals surface area contributed by atoms with Crippen LogP contribution in [0.5, 0.6) is 11.5 Å². The number of carbonyl (C=O) groups excluding carboxylic acids is 1. The zero-order valence-electron chi connectivity index (χ0n) is 10.8. The molecule has 0 atom stereocenters. The maximum atomic E-state index is 12.4. The quantitative estimate of drug-likeness (QED) is 0.806. The summed E-state index contributed by atoms with van der Waals surface area (Å²) < 4.78 is 16.2. The van der Waals surface area contributed by atoms with Crippen molar-refractivity contribution in [1.82, 2.24) is 0 Å². The van der Waals surface area contributed by atoms with E-state index in [-0.39, 0.29) is 5.78 Å². The number of methoxy groups -OCH3 is 2. The second kappa shape index (κ2) is 5.48. The fourth-order valence-corrected chi connectivity index (χ4v) is 2.26. The molecule has 1 aromatic carbocycles. The Bertz CT molecular complexity index is 616. The molecule has 19 heavy (non-hydrogen) atoms. The number of carbonyl (C=O) groups is 1. The fourth-order valence-electron chi connectivity index (χ4n) is 1.76. The summed E-state index contributed by atoms with van der Waals surface area (Å²) >= 11 is 3.36. The molecule has 0 N–H and O–H groups in total. The van der Waals surface area contributed by atoms with Gasteiger partial charge in [0.1, 0.15) is 0 Å². The summed E-state index contributed by atoms with van der Waals surface area (Å²) in [5, 5.41) is 0. The Morgan fingerprint density at radius 3 is 2.37 bits per heavy atom. The van der Waals surface area contributed by atoms with E-state index in [0.29, 0.717) is 27.3 Å². The van der Waals surface area contributed by atoms with Gasteiger partial charge in [0.2, 0.25) is 5.78 Å². The second-order valence-electron chi connectivity index (χ2n) is 3.95. The number of furan rings is 1. The molecule has 0 aliphatic heterocycles. The maximum absolute atomic E-state index is 12.4. The Balaban J connectivity index is 2.51. The molecular formula is C14H13BrO4. The number of ether oxygens (including phenoxy) is 2. The molecule has 0 radical (unpaired) electrons. The van der Waals surface area contributed by atoms with Gasteiger partial charge in [-0.15, -0.1) is 0 Å². The van der Waals surface area contributed by atoms with Crippen LogP contribution in [-0.4, -0.2) is 20.0 Å². The first-order chi connectivity index (χ1) is 9.08. The minimum absolute atomic E-state index is 0.199. The summed E-state index contributed by atoms with van der Waals surface area (Å²) in [5.74, 6) is 1.18. The molecule has 100 valence electrons. The van der Waals surface area contributed by atoms with Crippen molar-refractivity contribution < 1.29 is 18.7 Å². The van der Waals surface area contributed by atoms with E-state index in [4.69, 9.17) is 13.9 Å². The Hall–Kier alpha value is -1.75. The number of hydrogen-bond acceptors (Lipinski definition) is 4. The van der Waals surface area contributed by atoms with Crippen LogP contribution in [0.15, 0.2) is 33.4 Å². The summed E-state index contributed by atoms with van der Waals surface area (Å²) in [5.41, 5.74) is 1.27. The lowest BCUT2D eigenvalue weighted by Crippen LogP contribution is -2.04. The highest BCUT2D eigenvalue weighted by molar-refractivity contribution is 9.10. The molecular weight excluding hydrogens is 312 g/mol. The molecule has 0 aliphatic carbocycles. The molecule has 1 aromatic heterocycles. The van der Waals surface area contributed by atoms with E-state index in [9.17, 15) is 4.79 Å². The predicted octanol–water partition coefficient (Wildman–Crippen LogP) is 3.60. The number of benzene rings is 1. The molecule has 0 spiro atoms. The second-order valence-corrected chi connectivity index (χ2v) is 4.80. The first-order valence-electron chi connectivity index (χ1n) is 5.58. The van der Waals surface area contributed by atoms with E-state index in [2.05, 4.69) is 15.9 Å². The molecule has 2 aromatic rings. The van der Waals surface area contributed by atoms with Gasteiger partial charge in [0.25, 0.3) is 0 Å². The SMILES string of the molecule is COc1cc(Br)c(C(=O)c2occc2C)cc1OC. The van der Waals surface area contributed by atoms with Gasteiger partial charge in [0.15, 0.2) is 17.3 Å². The van der Waals surface area contributed by atoms with Gasteiger partial charge in [0, 0.05) is 10.0 Å². The van der Waals surface area contributed by atoms with Gasteiger partial charge in [0.05, 0.1) is 20.5 Å². The Morgan fingerprint density at radius 2 is 1.84 bits per heavy atom. The third-order valence-corrected chi connectivity index (χ3v) is 3.44. The van der Waals surface area contributed by atoms with Crippen LogP contribution < -0.4 is 9.47 Å². The van der Waals surface area contributed by atoms with Crippen molar-refractivity contribution >= 4 is 21.7 Å². The normalized spacial score (nSPS) is 10.3. The van der Waals surface area contributed by atoms with Gasteiger partial charge in [-0.05, 0) is 46.6 Å². The monoisotopic (exact) mass is 324 g/mol. The molecule has 0 amide bonds. The van der Waals surface area contributed by atoms with Crippen molar-refractivity contribution in [3.63, 3.8) is 0 Å². The van der Waals surface area contributed by atoms with E-state index in [1.807, 2.05) is 6.92 Å². The number of halogens is 1. The molecule has 0 bridgehead atoms. The van der Waals surface area contributed by atoms with Crippen LogP contribution in [0.1, 0.15) is 21.7 Å². The van der Waals surface area contributed by atoms with Crippen molar-refractivity contribution in [2.45, 2.75) is 6.92 Å². The molecule has 0 saturated heterocycles. The highest BCUT2D eigenvalue weighted by atomic mass is 79.9. The summed E-state index contributed by atoms with van der Waals surface area (Å²) in [6.07, 6.45) is 1.50. The summed E-state index contributed by atoms with van der Waals surface area (Å²) in [6, 6.07) is 5.08. The van der Waals surface area contributed by atoms with E-state index >= 15 is 0 Å². The molecule has 4 nitrogen and oxygen atoms in total. The van der Waals surface area contributed by atoms with Crippen molar-refractivity contribution in [3.05, 3.63) is 45.8 Å². The lowest BCUT2D eigenvalue weighted by atomic mass is 10.1. The van der Waals surface area contributed by atoms with E-state index in [1.165, 1.54) is 13.4 Å². The maximum Gasteiger partial charge on any atom is 0.229 e. The number of aryl methyl sites for hydroxylation is 1. The van der Waals surface area contributed by atoms with Crippen molar-refractivity contribution in [3.8, 4) is 11.5 Å². The standard InChI is InChI=1S/C14H13BrO4/c1-8-4-5-19-14(8)13(16)9-6-11(17-2)12(18-3)7-10(9)15/h4-7H,1-3H3. The van der Waals surface area contributed by atoms with Crippen LogP contribution in [0.25, 0.3) is 0 Å². The Kier molecular flexibility index (Phi) is 3.95. The number of hydrogen-bond donors (Lipinski definition) is 0. The van der Waals surface area contributed by atoms with E-state index in [1.54, 1.807) is 25.3 Å². The van der Waals surface area contributed by atoms with Gasteiger partial charge in [-0.2, -0.15) is 0 Å². The minimum Gasteiger partial charge on any atom is -0.493 e. The summed E-state index contributed by atoms with van der Waals surface area (Å²) in [7, 11) is 3.07. The smallest absolute Gasteiger partial charge is 0.229 e. The summed E-state index contributed by atoms with van der Waals surface area (Å²) in [4.78, 5) is 12.4. The number of ketones is 1. The van der Waals surface area contributed by atoms with E-state index < -0.39 is 0 Å².